The number of nitrogens with zero attached hydrogens (tertiary/aromatic N) is 3. The lowest BCUT2D eigenvalue weighted by Crippen LogP contribution is -2.07. The lowest BCUT2D eigenvalue weighted by Gasteiger charge is -2.01. The third-order valence-electron chi connectivity index (χ3n) is 1.74. The number of pyridine rings is 1. The smallest absolute Gasteiger partial charge is 0.121 e. The average molecular weight is 190 g/mol. The molecule has 0 aromatic carbocycles. The Bertz CT molecular complexity index is 470. The van der Waals surface area contributed by atoms with E-state index in [-0.39, 0.29) is 0 Å². The van der Waals surface area contributed by atoms with Crippen molar-refractivity contribution in [1.82, 2.24) is 9.97 Å². The Morgan fingerprint density at radius 1 is 1.54 bits per heavy atom. The molecule has 0 amide bonds. The second kappa shape index (κ2) is 3.09. The Morgan fingerprint density at radius 3 is 3.15 bits per heavy atom. The van der Waals surface area contributed by atoms with Gasteiger partial charge < -0.3 is 5.73 Å². The molecule has 64 valence electrons. The zero-order chi connectivity index (χ0) is 9.26. The van der Waals surface area contributed by atoms with Crippen molar-refractivity contribution in [3.8, 4) is 6.07 Å². The Morgan fingerprint density at radius 2 is 2.38 bits per heavy atom. The van der Waals surface area contributed by atoms with Gasteiger partial charge in [0.1, 0.15) is 6.04 Å². The lowest BCUT2D eigenvalue weighted by molar-refractivity contribution is 0.929. The van der Waals surface area contributed by atoms with Gasteiger partial charge in [-0.1, -0.05) is 0 Å². The van der Waals surface area contributed by atoms with Crippen LogP contribution in [0.4, 0.5) is 0 Å². The minimum atomic E-state index is -0.614. The van der Waals surface area contributed by atoms with Crippen molar-refractivity contribution in [3.63, 3.8) is 0 Å². The van der Waals surface area contributed by atoms with Gasteiger partial charge >= 0.3 is 0 Å². The van der Waals surface area contributed by atoms with E-state index in [9.17, 15) is 0 Å². The van der Waals surface area contributed by atoms with E-state index in [1.807, 2.05) is 6.07 Å². The molecule has 1 unspecified atom stereocenters. The van der Waals surface area contributed by atoms with Crippen molar-refractivity contribution in [2.45, 2.75) is 6.04 Å². The molecule has 5 heteroatoms. The first-order chi connectivity index (χ1) is 6.33. The summed E-state index contributed by atoms with van der Waals surface area (Å²) in [5, 5.41) is 8.67. The number of hydrogen-bond acceptors (Lipinski definition) is 5. The van der Waals surface area contributed by atoms with Crippen LogP contribution in [0.15, 0.2) is 17.9 Å². The van der Waals surface area contributed by atoms with Gasteiger partial charge in [-0.25, -0.2) is 4.98 Å². The molecule has 0 aliphatic carbocycles. The van der Waals surface area contributed by atoms with Crippen LogP contribution in [0.5, 0.6) is 0 Å². The van der Waals surface area contributed by atoms with Crippen LogP contribution in [-0.4, -0.2) is 9.97 Å². The fourth-order valence-electron chi connectivity index (χ4n) is 1.10. The topological polar surface area (TPSA) is 75.6 Å². The summed E-state index contributed by atoms with van der Waals surface area (Å²) < 4.78 is 0.948. The maximum absolute atomic E-state index is 8.67. The maximum Gasteiger partial charge on any atom is 0.121 e. The lowest BCUT2D eigenvalue weighted by atomic mass is 10.1. The van der Waals surface area contributed by atoms with Crippen molar-refractivity contribution >= 4 is 21.6 Å². The standard InChI is InChI=1S/C8H6N4S/c9-1-6(10)5-2-11-3-7-8(5)13-4-12-7/h2-4,6H,10H2. The molecule has 1 atom stereocenters. The van der Waals surface area contributed by atoms with Crippen molar-refractivity contribution in [1.29, 1.82) is 5.26 Å². The van der Waals surface area contributed by atoms with Crippen LogP contribution in [0.2, 0.25) is 0 Å². The van der Waals surface area contributed by atoms with Crippen LogP contribution in [0.3, 0.4) is 0 Å². The molecule has 0 aliphatic heterocycles. The summed E-state index contributed by atoms with van der Waals surface area (Å²) >= 11 is 1.48. The summed E-state index contributed by atoms with van der Waals surface area (Å²) in [5.74, 6) is 0. The molecule has 0 spiro atoms. The summed E-state index contributed by atoms with van der Waals surface area (Å²) in [4.78, 5) is 8.05. The number of hydrogen-bond donors (Lipinski definition) is 1. The second-order valence-corrected chi connectivity index (χ2v) is 3.39. The molecule has 0 radical (unpaired) electrons. The molecule has 2 aromatic rings. The molecule has 2 heterocycles. The van der Waals surface area contributed by atoms with Gasteiger partial charge in [0.15, 0.2) is 0 Å². The summed E-state index contributed by atoms with van der Waals surface area (Å²) in [6.45, 7) is 0. The van der Waals surface area contributed by atoms with E-state index in [4.69, 9.17) is 11.0 Å². The third kappa shape index (κ3) is 1.26. The Labute approximate surface area is 78.7 Å². The van der Waals surface area contributed by atoms with Gasteiger partial charge in [0.05, 0.1) is 28.0 Å². The van der Waals surface area contributed by atoms with E-state index in [2.05, 4.69) is 9.97 Å². The number of rotatable bonds is 1. The van der Waals surface area contributed by atoms with Gasteiger partial charge in [-0.3, -0.25) is 4.98 Å². The summed E-state index contributed by atoms with van der Waals surface area (Å²) in [6.07, 6.45) is 3.29. The first-order valence-corrected chi connectivity index (χ1v) is 4.53. The predicted octanol–water partition coefficient (Wildman–Crippen LogP) is 1.21. The van der Waals surface area contributed by atoms with Crippen molar-refractivity contribution in [3.05, 3.63) is 23.5 Å². The van der Waals surface area contributed by atoms with Crippen molar-refractivity contribution in [2.75, 3.05) is 0 Å². The van der Waals surface area contributed by atoms with E-state index in [0.29, 0.717) is 0 Å². The Hall–Kier alpha value is -1.51. The quantitative estimate of drug-likeness (QED) is 0.733. The Kier molecular flexibility index (Phi) is 1.93. The molecule has 0 aliphatic rings. The minimum absolute atomic E-state index is 0.614. The zero-order valence-electron chi connectivity index (χ0n) is 6.64. The number of nitriles is 1. The fraction of sp³-hybridized carbons (Fsp3) is 0.125. The zero-order valence-corrected chi connectivity index (χ0v) is 7.45. The van der Waals surface area contributed by atoms with Gasteiger partial charge in [0.25, 0.3) is 0 Å². The monoisotopic (exact) mass is 190 g/mol. The highest BCUT2D eigenvalue weighted by molar-refractivity contribution is 7.16. The third-order valence-corrected chi connectivity index (χ3v) is 2.63. The number of fused-ring (bicyclic) bond motifs is 1. The number of aromatic nitrogens is 2. The largest absolute Gasteiger partial charge is 0.312 e. The molecular formula is C8H6N4S. The van der Waals surface area contributed by atoms with Gasteiger partial charge in [-0.05, 0) is 0 Å². The van der Waals surface area contributed by atoms with Crippen molar-refractivity contribution in [2.24, 2.45) is 5.73 Å². The molecule has 0 saturated heterocycles. The Balaban J connectivity index is 2.69. The first kappa shape index (κ1) is 8.10. The summed E-state index contributed by atoms with van der Waals surface area (Å²) in [6, 6.07) is 1.37. The molecular weight excluding hydrogens is 184 g/mol. The molecule has 4 nitrogen and oxygen atoms in total. The number of nitrogens with two attached hydrogens (primary N) is 1. The molecule has 0 saturated carbocycles. The van der Waals surface area contributed by atoms with Crippen molar-refractivity contribution < 1.29 is 0 Å². The van der Waals surface area contributed by atoms with Gasteiger partial charge in [-0.15, -0.1) is 11.3 Å². The van der Waals surface area contributed by atoms with Gasteiger partial charge in [0, 0.05) is 11.8 Å². The predicted molar refractivity (Wildman–Crippen MR) is 50.0 cm³/mol. The highest BCUT2D eigenvalue weighted by Gasteiger charge is 2.10. The van der Waals surface area contributed by atoms with Crippen LogP contribution in [0, 0.1) is 11.3 Å². The highest BCUT2D eigenvalue weighted by Crippen LogP contribution is 2.24. The summed E-state index contributed by atoms with van der Waals surface area (Å²) in [7, 11) is 0. The minimum Gasteiger partial charge on any atom is -0.312 e. The SMILES string of the molecule is N#CC(N)c1cncc2ncsc12. The number of thiazole rings is 1. The van der Waals surface area contributed by atoms with E-state index in [1.165, 1.54) is 11.3 Å². The van der Waals surface area contributed by atoms with E-state index >= 15 is 0 Å². The molecule has 2 rings (SSSR count). The molecule has 0 bridgehead atoms. The molecule has 0 fully saturated rings. The highest BCUT2D eigenvalue weighted by atomic mass is 32.1. The normalized spacial score (nSPS) is 12.6. The fourth-order valence-corrected chi connectivity index (χ4v) is 1.91. The molecule has 2 N–H and O–H groups in total. The molecule has 13 heavy (non-hydrogen) atoms. The molecule has 2 aromatic heterocycles. The van der Waals surface area contributed by atoms with Crippen LogP contribution < -0.4 is 5.73 Å². The van der Waals surface area contributed by atoms with Gasteiger partial charge in [-0.2, -0.15) is 5.26 Å². The van der Waals surface area contributed by atoms with E-state index < -0.39 is 6.04 Å². The van der Waals surface area contributed by atoms with Crippen LogP contribution in [0.1, 0.15) is 11.6 Å². The second-order valence-electron chi connectivity index (χ2n) is 2.54. The maximum atomic E-state index is 8.67. The summed E-state index contributed by atoms with van der Waals surface area (Å²) in [5.41, 5.74) is 8.87. The van der Waals surface area contributed by atoms with E-state index in [0.717, 1.165) is 15.8 Å². The average Bonchev–Trinajstić information content (AvgIpc) is 2.63. The van der Waals surface area contributed by atoms with Crippen LogP contribution >= 0.6 is 11.3 Å². The van der Waals surface area contributed by atoms with Crippen LogP contribution in [0.25, 0.3) is 10.2 Å². The first-order valence-electron chi connectivity index (χ1n) is 3.65. The van der Waals surface area contributed by atoms with Gasteiger partial charge in [0.2, 0.25) is 0 Å². The van der Waals surface area contributed by atoms with E-state index in [1.54, 1.807) is 17.9 Å². The van der Waals surface area contributed by atoms with Crippen LogP contribution in [-0.2, 0) is 0 Å².